The lowest BCUT2D eigenvalue weighted by Gasteiger charge is -2.18. The fourth-order valence-electron chi connectivity index (χ4n) is 2.86. The highest BCUT2D eigenvalue weighted by Crippen LogP contribution is 2.15. The van der Waals surface area contributed by atoms with Gasteiger partial charge in [0.05, 0.1) is 0 Å². The Labute approximate surface area is 161 Å². The molecule has 0 radical (unpaired) electrons. The summed E-state index contributed by atoms with van der Waals surface area (Å²) in [6.45, 7) is 9.59. The molecule has 0 heterocycles. The lowest BCUT2D eigenvalue weighted by atomic mass is 10.1. The predicted octanol–water partition coefficient (Wildman–Crippen LogP) is 3.35. The van der Waals surface area contributed by atoms with Crippen molar-refractivity contribution in [3.8, 4) is 0 Å². The molecule has 0 saturated carbocycles. The SMILES string of the molecule is CCc1ccccc1NC(=O)C(=O)NCc1ccc(CN(CC)CC)cc1. The van der Waals surface area contributed by atoms with Crippen molar-refractivity contribution in [1.29, 1.82) is 0 Å². The van der Waals surface area contributed by atoms with Gasteiger partial charge in [0.25, 0.3) is 0 Å². The number of carbonyl (C=O) groups is 2. The Bertz CT molecular complexity index is 752. The third-order valence-electron chi connectivity index (χ3n) is 4.63. The summed E-state index contributed by atoms with van der Waals surface area (Å²) in [7, 11) is 0. The Balaban J connectivity index is 1.86. The van der Waals surface area contributed by atoms with Gasteiger partial charge in [-0.2, -0.15) is 0 Å². The molecular formula is C22H29N3O2. The third-order valence-corrected chi connectivity index (χ3v) is 4.63. The lowest BCUT2D eigenvalue weighted by Crippen LogP contribution is -2.35. The van der Waals surface area contributed by atoms with Crippen molar-refractivity contribution in [1.82, 2.24) is 10.2 Å². The van der Waals surface area contributed by atoms with Gasteiger partial charge in [-0.25, -0.2) is 0 Å². The van der Waals surface area contributed by atoms with E-state index in [1.54, 1.807) is 6.07 Å². The van der Waals surface area contributed by atoms with E-state index in [4.69, 9.17) is 0 Å². The fraction of sp³-hybridized carbons (Fsp3) is 0.364. The van der Waals surface area contributed by atoms with Crippen LogP contribution in [0.3, 0.4) is 0 Å². The molecule has 0 fully saturated rings. The van der Waals surface area contributed by atoms with Crippen LogP contribution in [0.5, 0.6) is 0 Å². The number of hydrogen-bond donors (Lipinski definition) is 2. The van der Waals surface area contributed by atoms with Crippen LogP contribution in [0.15, 0.2) is 48.5 Å². The molecule has 5 heteroatoms. The van der Waals surface area contributed by atoms with Crippen LogP contribution < -0.4 is 10.6 Å². The third kappa shape index (κ3) is 6.22. The minimum Gasteiger partial charge on any atom is -0.344 e. The number of hydrogen-bond acceptors (Lipinski definition) is 3. The molecule has 2 rings (SSSR count). The zero-order chi connectivity index (χ0) is 19.6. The number of anilines is 1. The number of rotatable bonds is 8. The van der Waals surface area contributed by atoms with Gasteiger partial charge >= 0.3 is 11.8 Å². The van der Waals surface area contributed by atoms with Gasteiger partial charge in [-0.1, -0.05) is 63.2 Å². The molecule has 0 aromatic heterocycles. The van der Waals surface area contributed by atoms with Crippen LogP contribution in [0.4, 0.5) is 5.69 Å². The summed E-state index contributed by atoms with van der Waals surface area (Å²) in [5.74, 6) is -1.28. The van der Waals surface area contributed by atoms with E-state index in [0.717, 1.165) is 37.2 Å². The molecule has 0 aliphatic rings. The number of nitrogens with zero attached hydrogens (tertiary/aromatic N) is 1. The van der Waals surface area contributed by atoms with Crippen LogP contribution in [0, 0.1) is 0 Å². The van der Waals surface area contributed by atoms with E-state index in [1.165, 1.54) is 5.56 Å². The second-order valence-corrected chi connectivity index (χ2v) is 6.43. The largest absolute Gasteiger partial charge is 0.344 e. The number of carbonyl (C=O) groups excluding carboxylic acids is 2. The van der Waals surface area contributed by atoms with E-state index in [-0.39, 0.29) is 0 Å². The summed E-state index contributed by atoms with van der Waals surface area (Å²) in [6.07, 6.45) is 0.790. The summed E-state index contributed by atoms with van der Waals surface area (Å²) in [6, 6.07) is 15.6. The monoisotopic (exact) mass is 367 g/mol. The minimum absolute atomic E-state index is 0.327. The predicted molar refractivity (Wildman–Crippen MR) is 109 cm³/mol. The average molecular weight is 367 g/mol. The van der Waals surface area contributed by atoms with Gasteiger partial charge in [0.1, 0.15) is 0 Å². The van der Waals surface area contributed by atoms with Gasteiger partial charge in [0.2, 0.25) is 0 Å². The molecule has 2 aromatic rings. The van der Waals surface area contributed by atoms with Gasteiger partial charge in [-0.15, -0.1) is 0 Å². The molecule has 144 valence electrons. The highest BCUT2D eigenvalue weighted by Gasteiger charge is 2.14. The summed E-state index contributed by atoms with van der Waals surface area (Å²) < 4.78 is 0. The zero-order valence-electron chi connectivity index (χ0n) is 16.4. The number of para-hydroxylation sites is 1. The first-order valence-electron chi connectivity index (χ1n) is 9.54. The summed E-state index contributed by atoms with van der Waals surface area (Å²) >= 11 is 0. The van der Waals surface area contributed by atoms with Gasteiger partial charge in [0.15, 0.2) is 0 Å². The van der Waals surface area contributed by atoms with Crippen LogP contribution >= 0.6 is 0 Å². The van der Waals surface area contributed by atoms with Crippen LogP contribution in [0.25, 0.3) is 0 Å². The van der Waals surface area contributed by atoms with Crippen LogP contribution in [-0.2, 0) is 29.1 Å². The number of aryl methyl sites for hydroxylation is 1. The van der Waals surface area contributed by atoms with Gasteiger partial charge in [0, 0.05) is 18.8 Å². The summed E-state index contributed by atoms with van der Waals surface area (Å²) in [5, 5.41) is 5.36. The van der Waals surface area contributed by atoms with Crippen molar-refractivity contribution >= 4 is 17.5 Å². The van der Waals surface area contributed by atoms with Crippen molar-refractivity contribution < 1.29 is 9.59 Å². The first-order valence-corrected chi connectivity index (χ1v) is 9.54. The van der Waals surface area contributed by atoms with Crippen molar-refractivity contribution in [2.75, 3.05) is 18.4 Å². The van der Waals surface area contributed by atoms with Gasteiger partial charge in [-0.3, -0.25) is 14.5 Å². The van der Waals surface area contributed by atoms with Crippen molar-refractivity contribution in [2.24, 2.45) is 0 Å². The first-order chi connectivity index (χ1) is 13.1. The van der Waals surface area contributed by atoms with E-state index in [1.807, 2.05) is 37.3 Å². The van der Waals surface area contributed by atoms with E-state index in [9.17, 15) is 9.59 Å². The van der Waals surface area contributed by atoms with E-state index < -0.39 is 11.8 Å². The smallest absolute Gasteiger partial charge is 0.313 e. The Morgan fingerprint density at radius 1 is 0.852 bits per heavy atom. The summed E-state index contributed by atoms with van der Waals surface area (Å²) in [4.78, 5) is 26.5. The van der Waals surface area contributed by atoms with Crippen molar-refractivity contribution in [3.05, 3.63) is 65.2 Å². The molecule has 2 N–H and O–H groups in total. The standard InChI is InChI=1S/C22H29N3O2/c1-4-19-9-7-8-10-20(19)24-22(27)21(26)23-15-17-11-13-18(14-12-17)16-25(5-2)6-3/h7-14H,4-6,15-16H2,1-3H3,(H,23,26)(H,24,27). The molecule has 5 nitrogen and oxygen atoms in total. The maximum atomic E-state index is 12.1. The summed E-state index contributed by atoms with van der Waals surface area (Å²) in [5.41, 5.74) is 3.89. The van der Waals surface area contributed by atoms with Gasteiger partial charge in [-0.05, 0) is 42.3 Å². The number of amides is 2. The quantitative estimate of drug-likeness (QED) is 0.704. The highest BCUT2D eigenvalue weighted by molar-refractivity contribution is 6.39. The first kappa shape index (κ1) is 20.6. The molecule has 0 saturated heterocycles. The second kappa shape index (κ2) is 10.5. The van der Waals surface area contributed by atoms with Crippen LogP contribution in [0.2, 0.25) is 0 Å². The Morgan fingerprint density at radius 3 is 2.11 bits per heavy atom. The van der Waals surface area contributed by atoms with Crippen molar-refractivity contribution in [2.45, 2.75) is 40.3 Å². The number of benzene rings is 2. The topological polar surface area (TPSA) is 61.4 Å². The average Bonchev–Trinajstić information content (AvgIpc) is 2.71. The van der Waals surface area contributed by atoms with Crippen LogP contribution in [-0.4, -0.2) is 29.8 Å². The molecular weight excluding hydrogens is 338 g/mol. The molecule has 0 atom stereocenters. The molecule has 2 aromatic carbocycles. The van der Waals surface area contributed by atoms with E-state index in [2.05, 4.69) is 41.5 Å². The molecule has 0 unspecified atom stereocenters. The van der Waals surface area contributed by atoms with E-state index >= 15 is 0 Å². The molecule has 0 aliphatic heterocycles. The Morgan fingerprint density at radius 2 is 1.48 bits per heavy atom. The lowest BCUT2D eigenvalue weighted by molar-refractivity contribution is -0.136. The molecule has 0 spiro atoms. The second-order valence-electron chi connectivity index (χ2n) is 6.43. The zero-order valence-corrected chi connectivity index (χ0v) is 16.4. The maximum absolute atomic E-state index is 12.1. The van der Waals surface area contributed by atoms with E-state index in [0.29, 0.717) is 12.2 Å². The molecule has 2 amide bonds. The fourth-order valence-corrected chi connectivity index (χ4v) is 2.86. The van der Waals surface area contributed by atoms with Crippen molar-refractivity contribution in [3.63, 3.8) is 0 Å². The van der Waals surface area contributed by atoms with Gasteiger partial charge < -0.3 is 10.6 Å². The molecule has 0 aliphatic carbocycles. The maximum Gasteiger partial charge on any atom is 0.313 e. The highest BCUT2D eigenvalue weighted by atomic mass is 16.2. The molecule has 0 bridgehead atoms. The Kier molecular flexibility index (Phi) is 8.01. The Hall–Kier alpha value is -2.66. The molecule has 27 heavy (non-hydrogen) atoms. The number of nitrogens with one attached hydrogen (secondary N) is 2. The minimum atomic E-state index is -0.644. The van der Waals surface area contributed by atoms with Crippen LogP contribution in [0.1, 0.15) is 37.5 Å². The normalized spacial score (nSPS) is 10.7.